The zero-order valence-corrected chi connectivity index (χ0v) is 18.0. The molecule has 1 aliphatic heterocycles. The van der Waals surface area contributed by atoms with Gasteiger partial charge in [-0.05, 0) is 49.8 Å². The fourth-order valence-corrected chi connectivity index (χ4v) is 5.05. The standard InChI is InChI=1S/C24H30N2O5/c1-15-7-5-6-10-20(15)25-21(27)14-31-24(30)16-11-12-18-19(13-16)23(29)26(22(18)28)17-8-3-2-4-9-17/h11-13,15,17,20H,2-10,14H2,1H3,(H,25,27)/t15-,20-/m1/s1. The lowest BCUT2D eigenvalue weighted by Gasteiger charge is -2.29. The lowest BCUT2D eigenvalue weighted by atomic mass is 9.86. The first kappa shape index (κ1) is 21.5. The first-order valence-corrected chi connectivity index (χ1v) is 11.4. The van der Waals surface area contributed by atoms with Crippen molar-refractivity contribution in [2.45, 2.75) is 76.8 Å². The number of imide groups is 1. The van der Waals surface area contributed by atoms with Crippen LogP contribution < -0.4 is 5.32 Å². The Morgan fingerprint density at radius 3 is 2.39 bits per heavy atom. The quantitative estimate of drug-likeness (QED) is 0.575. The molecule has 1 heterocycles. The topological polar surface area (TPSA) is 92.8 Å². The Morgan fingerprint density at radius 1 is 0.968 bits per heavy atom. The van der Waals surface area contributed by atoms with Gasteiger partial charge in [-0.15, -0.1) is 0 Å². The molecule has 2 aliphatic carbocycles. The van der Waals surface area contributed by atoms with Crippen LogP contribution >= 0.6 is 0 Å². The summed E-state index contributed by atoms with van der Waals surface area (Å²) in [7, 11) is 0. The van der Waals surface area contributed by atoms with Gasteiger partial charge in [0.05, 0.1) is 16.7 Å². The Bertz CT molecular complexity index is 890. The molecule has 0 aromatic heterocycles. The number of nitrogens with one attached hydrogen (secondary N) is 1. The summed E-state index contributed by atoms with van der Waals surface area (Å²) in [6, 6.07) is 4.47. The molecule has 0 spiro atoms. The van der Waals surface area contributed by atoms with Gasteiger partial charge >= 0.3 is 5.97 Å². The second kappa shape index (κ2) is 9.20. The van der Waals surface area contributed by atoms with Crippen molar-refractivity contribution in [3.8, 4) is 0 Å². The Labute approximate surface area is 182 Å². The molecule has 0 unspecified atom stereocenters. The Balaban J connectivity index is 1.37. The van der Waals surface area contributed by atoms with Gasteiger partial charge in [0.15, 0.2) is 6.61 Å². The molecule has 166 valence electrons. The molecule has 3 amide bonds. The summed E-state index contributed by atoms with van der Waals surface area (Å²) in [5.41, 5.74) is 0.742. The van der Waals surface area contributed by atoms with Crippen LogP contribution in [-0.4, -0.2) is 47.3 Å². The number of esters is 1. The summed E-state index contributed by atoms with van der Waals surface area (Å²) in [6.07, 6.45) is 9.11. The number of amides is 3. The van der Waals surface area contributed by atoms with Crippen LogP contribution in [0, 0.1) is 5.92 Å². The zero-order chi connectivity index (χ0) is 22.0. The van der Waals surface area contributed by atoms with E-state index < -0.39 is 5.97 Å². The highest BCUT2D eigenvalue weighted by Crippen LogP contribution is 2.31. The normalized spacial score (nSPS) is 24.1. The second-order valence-corrected chi connectivity index (χ2v) is 9.04. The number of ether oxygens (including phenoxy) is 1. The van der Waals surface area contributed by atoms with E-state index in [9.17, 15) is 19.2 Å². The number of benzene rings is 1. The Kier molecular flexibility index (Phi) is 6.39. The van der Waals surface area contributed by atoms with Crippen LogP contribution in [0.4, 0.5) is 0 Å². The van der Waals surface area contributed by atoms with Crippen molar-refractivity contribution in [3.05, 3.63) is 34.9 Å². The van der Waals surface area contributed by atoms with Gasteiger partial charge in [-0.1, -0.05) is 39.0 Å². The number of carbonyl (C=O) groups is 4. The minimum absolute atomic E-state index is 0.0672. The predicted octanol–water partition coefficient (Wildman–Crippen LogP) is 3.47. The maximum absolute atomic E-state index is 12.9. The largest absolute Gasteiger partial charge is 0.452 e. The zero-order valence-electron chi connectivity index (χ0n) is 18.0. The summed E-state index contributed by atoms with van der Waals surface area (Å²) in [6.45, 7) is 1.76. The van der Waals surface area contributed by atoms with Crippen molar-refractivity contribution >= 4 is 23.7 Å². The highest BCUT2D eigenvalue weighted by Gasteiger charge is 2.40. The smallest absolute Gasteiger partial charge is 0.338 e. The number of hydrogen-bond acceptors (Lipinski definition) is 5. The third-order valence-corrected chi connectivity index (χ3v) is 6.89. The van der Waals surface area contributed by atoms with Crippen molar-refractivity contribution in [1.82, 2.24) is 10.2 Å². The SMILES string of the molecule is C[C@@H]1CCCC[C@H]1NC(=O)COC(=O)c1ccc2c(c1)C(=O)N(C1CCCCC1)C2=O. The summed E-state index contributed by atoms with van der Waals surface area (Å²) in [5.74, 6) is -1.20. The number of rotatable bonds is 5. The van der Waals surface area contributed by atoms with E-state index in [1.54, 1.807) is 0 Å². The second-order valence-electron chi connectivity index (χ2n) is 9.04. The highest BCUT2D eigenvalue weighted by atomic mass is 16.5. The van der Waals surface area contributed by atoms with Gasteiger partial charge in [-0.25, -0.2) is 4.79 Å². The van der Waals surface area contributed by atoms with Gasteiger partial charge in [0.2, 0.25) is 0 Å². The van der Waals surface area contributed by atoms with E-state index in [1.807, 2.05) is 0 Å². The van der Waals surface area contributed by atoms with Crippen LogP contribution in [0.3, 0.4) is 0 Å². The van der Waals surface area contributed by atoms with Gasteiger partial charge in [0.25, 0.3) is 17.7 Å². The average molecular weight is 427 g/mol. The van der Waals surface area contributed by atoms with Crippen molar-refractivity contribution in [2.24, 2.45) is 5.92 Å². The van der Waals surface area contributed by atoms with Crippen LogP contribution in [0.5, 0.6) is 0 Å². The molecule has 2 atom stereocenters. The number of carbonyl (C=O) groups excluding carboxylic acids is 4. The van der Waals surface area contributed by atoms with Crippen LogP contribution in [0.1, 0.15) is 95.8 Å². The summed E-state index contributed by atoms with van der Waals surface area (Å²) < 4.78 is 5.17. The molecule has 3 aliphatic rings. The molecule has 2 saturated carbocycles. The average Bonchev–Trinajstić information content (AvgIpc) is 3.04. The maximum Gasteiger partial charge on any atom is 0.338 e. The Hall–Kier alpha value is -2.70. The van der Waals surface area contributed by atoms with E-state index in [2.05, 4.69) is 12.2 Å². The van der Waals surface area contributed by atoms with Crippen molar-refractivity contribution in [1.29, 1.82) is 0 Å². The maximum atomic E-state index is 12.9. The van der Waals surface area contributed by atoms with Gasteiger partial charge < -0.3 is 10.1 Å². The third kappa shape index (κ3) is 4.50. The fraction of sp³-hybridized carbons (Fsp3) is 0.583. The Morgan fingerprint density at radius 2 is 1.65 bits per heavy atom. The van der Waals surface area contributed by atoms with Crippen molar-refractivity contribution in [3.63, 3.8) is 0 Å². The molecule has 7 nitrogen and oxygen atoms in total. The van der Waals surface area contributed by atoms with Crippen LogP contribution in [-0.2, 0) is 9.53 Å². The van der Waals surface area contributed by atoms with Gasteiger partial charge in [-0.2, -0.15) is 0 Å². The fourth-order valence-electron chi connectivity index (χ4n) is 5.05. The molecule has 0 saturated heterocycles. The molecule has 4 rings (SSSR count). The van der Waals surface area contributed by atoms with Crippen LogP contribution in [0.2, 0.25) is 0 Å². The number of hydrogen-bond donors (Lipinski definition) is 1. The minimum atomic E-state index is -0.675. The number of nitrogens with zero attached hydrogens (tertiary/aromatic N) is 1. The molecule has 31 heavy (non-hydrogen) atoms. The number of fused-ring (bicyclic) bond motifs is 1. The highest BCUT2D eigenvalue weighted by molar-refractivity contribution is 6.22. The molecule has 1 N–H and O–H groups in total. The van der Waals surface area contributed by atoms with E-state index in [0.717, 1.165) is 51.4 Å². The molecule has 0 bridgehead atoms. The molecule has 7 heteroatoms. The summed E-state index contributed by atoms with van der Waals surface area (Å²) in [4.78, 5) is 51.7. The van der Waals surface area contributed by atoms with Gasteiger partial charge in [-0.3, -0.25) is 19.3 Å². The molecular weight excluding hydrogens is 396 g/mol. The van der Waals surface area contributed by atoms with Crippen molar-refractivity contribution < 1.29 is 23.9 Å². The molecular formula is C24H30N2O5. The molecule has 0 radical (unpaired) electrons. The molecule has 1 aromatic carbocycles. The van der Waals surface area contributed by atoms with Gasteiger partial charge in [0.1, 0.15) is 0 Å². The van der Waals surface area contributed by atoms with Crippen LogP contribution in [0.15, 0.2) is 18.2 Å². The summed E-state index contributed by atoms with van der Waals surface area (Å²) in [5, 5.41) is 2.95. The van der Waals surface area contributed by atoms with E-state index >= 15 is 0 Å². The van der Waals surface area contributed by atoms with Crippen LogP contribution in [0.25, 0.3) is 0 Å². The van der Waals surface area contributed by atoms with E-state index in [1.165, 1.54) is 29.5 Å². The minimum Gasteiger partial charge on any atom is -0.452 e. The summed E-state index contributed by atoms with van der Waals surface area (Å²) >= 11 is 0. The lowest BCUT2D eigenvalue weighted by molar-refractivity contribution is -0.125. The third-order valence-electron chi connectivity index (χ3n) is 6.89. The monoisotopic (exact) mass is 426 g/mol. The van der Waals surface area contributed by atoms with E-state index in [-0.39, 0.29) is 47.5 Å². The molecule has 1 aromatic rings. The molecule has 2 fully saturated rings. The lowest BCUT2D eigenvalue weighted by Crippen LogP contribution is -2.42. The first-order valence-electron chi connectivity index (χ1n) is 11.4. The van der Waals surface area contributed by atoms with Gasteiger partial charge in [0, 0.05) is 12.1 Å². The first-order chi connectivity index (χ1) is 15.0. The van der Waals surface area contributed by atoms with E-state index in [4.69, 9.17) is 4.74 Å². The predicted molar refractivity (Wildman–Crippen MR) is 114 cm³/mol. The van der Waals surface area contributed by atoms with E-state index in [0.29, 0.717) is 11.5 Å². The van der Waals surface area contributed by atoms with Crippen molar-refractivity contribution in [2.75, 3.05) is 6.61 Å².